The van der Waals surface area contributed by atoms with Crippen LogP contribution in [0.25, 0.3) is 0 Å². The van der Waals surface area contributed by atoms with Crippen molar-refractivity contribution in [3.05, 3.63) is 62.7 Å². The molecule has 0 bridgehead atoms. The van der Waals surface area contributed by atoms with E-state index in [1.54, 1.807) is 0 Å². The first-order valence-corrected chi connectivity index (χ1v) is 6.38. The molecule has 0 amide bonds. The van der Waals surface area contributed by atoms with Gasteiger partial charge in [0.15, 0.2) is 6.29 Å². The van der Waals surface area contributed by atoms with E-state index in [-0.39, 0.29) is 16.3 Å². The Morgan fingerprint density at radius 1 is 1.13 bits per heavy atom. The summed E-state index contributed by atoms with van der Waals surface area (Å²) in [7, 11) is 0. The fourth-order valence-electron chi connectivity index (χ4n) is 1.75. The molecule has 120 valence electrons. The van der Waals surface area contributed by atoms with E-state index in [1.807, 2.05) is 0 Å². The highest BCUT2D eigenvalue weighted by molar-refractivity contribution is 6.30. The molecule has 0 aliphatic carbocycles. The average Bonchev–Trinajstić information content (AvgIpc) is 2.48. The Kier molecular flexibility index (Phi) is 4.55. The van der Waals surface area contributed by atoms with Crippen LogP contribution in [0.1, 0.15) is 15.9 Å². The summed E-state index contributed by atoms with van der Waals surface area (Å²) in [6.07, 6.45) is -4.31. The Morgan fingerprint density at radius 3 is 2.35 bits per heavy atom. The fourth-order valence-corrected chi connectivity index (χ4v) is 1.93. The first-order valence-electron chi connectivity index (χ1n) is 6.00. The Morgan fingerprint density at radius 2 is 1.78 bits per heavy atom. The minimum absolute atomic E-state index is 0.00620. The number of ether oxygens (including phenoxy) is 1. The van der Waals surface area contributed by atoms with Crippen LogP contribution < -0.4 is 4.74 Å². The van der Waals surface area contributed by atoms with Crippen LogP contribution in [0.15, 0.2) is 36.4 Å². The number of alkyl halides is 3. The highest BCUT2D eigenvalue weighted by atomic mass is 35.5. The molecule has 0 N–H and O–H groups in total. The van der Waals surface area contributed by atoms with Crippen LogP contribution in [0.4, 0.5) is 18.9 Å². The van der Waals surface area contributed by atoms with E-state index in [9.17, 15) is 28.1 Å². The van der Waals surface area contributed by atoms with Crippen molar-refractivity contribution in [2.75, 3.05) is 0 Å². The Hall–Kier alpha value is -2.61. The SMILES string of the molecule is O=Cc1cc(Cl)ccc1Oc1ccc(C(F)(F)F)cc1[N+](=O)[O-]. The van der Waals surface area contributed by atoms with Gasteiger partial charge in [-0.1, -0.05) is 11.6 Å². The summed E-state index contributed by atoms with van der Waals surface area (Å²) in [6, 6.07) is 5.77. The standard InChI is InChI=1S/C14H7ClF3NO4/c15-10-2-4-12(8(5-10)7-20)23-13-3-1-9(14(16,17)18)6-11(13)19(21)22/h1-7H. The van der Waals surface area contributed by atoms with Gasteiger partial charge >= 0.3 is 11.9 Å². The maximum absolute atomic E-state index is 12.6. The highest BCUT2D eigenvalue weighted by Gasteiger charge is 2.33. The topological polar surface area (TPSA) is 69.4 Å². The fraction of sp³-hybridized carbons (Fsp3) is 0.0714. The second-order valence-corrected chi connectivity index (χ2v) is 4.78. The molecule has 0 saturated heterocycles. The molecule has 0 aliphatic rings. The smallest absolute Gasteiger partial charge is 0.416 e. The van der Waals surface area contributed by atoms with E-state index in [2.05, 4.69) is 0 Å². The summed E-state index contributed by atoms with van der Waals surface area (Å²) in [5.74, 6) is -0.485. The lowest BCUT2D eigenvalue weighted by atomic mass is 10.1. The monoisotopic (exact) mass is 345 g/mol. The van der Waals surface area contributed by atoms with Crippen LogP contribution in [0.2, 0.25) is 5.02 Å². The van der Waals surface area contributed by atoms with Crippen molar-refractivity contribution < 1.29 is 27.6 Å². The normalized spacial score (nSPS) is 11.1. The van der Waals surface area contributed by atoms with E-state index in [1.165, 1.54) is 18.2 Å². The predicted octanol–water partition coefficient (Wildman–Crippen LogP) is 4.87. The first kappa shape index (κ1) is 16.8. The number of hydrogen-bond acceptors (Lipinski definition) is 4. The highest BCUT2D eigenvalue weighted by Crippen LogP contribution is 2.38. The lowest BCUT2D eigenvalue weighted by molar-refractivity contribution is -0.385. The van der Waals surface area contributed by atoms with E-state index in [0.29, 0.717) is 18.4 Å². The molecule has 0 fully saturated rings. The maximum atomic E-state index is 12.6. The number of nitrogens with zero attached hydrogens (tertiary/aromatic N) is 1. The third kappa shape index (κ3) is 3.78. The first-order chi connectivity index (χ1) is 10.7. The quantitative estimate of drug-likeness (QED) is 0.450. The number of carbonyl (C=O) groups excluding carboxylic acids is 1. The van der Waals surface area contributed by atoms with Gasteiger partial charge < -0.3 is 4.74 Å². The molecule has 0 heterocycles. The van der Waals surface area contributed by atoms with Crippen molar-refractivity contribution in [2.45, 2.75) is 6.18 Å². The van der Waals surface area contributed by atoms with Gasteiger partial charge in [-0.2, -0.15) is 13.2 Å². The van der Waals surface area contributed by atoms with Gasteiger partial charge in [0.05, 0.1) is 16.1 Å². The molecule has 0 saturated carbocycles. The van der Waals surface area contributed by atoms with E-state index in [4.69, 9.17) is 16.3 Å². The van der Waals surface area contributed by atoms with Crippen LogP contribution in [0, 0.1) is 10.1 Å². The van der Waals surface area contributed by atoms with E-state index < -0.39 is 28.1 Å². The molecule has 2 aromatic rings. The van der Waals surface area contributed by atoms with Crippen LogP contribution in [0.5, 0.6) is 11.5 Å². The van der Waals surface area contributed by atoms with Gasteiger partial charge in [-0.05, 0) is 30.3 Å². The third-order valence-corrected chi connectivity index (χ3v) is 3.04. The second kappa shape index (κ2) is 6.25. The minimum atomic E-state index is -4.72. The van der Waals surface area contributed by atoms with E-state index >= 15 is 0 Å². The lowest BCUT2D eigenvalue weighted by Crippen LogP contribution is -2.06. The molecular formula is C14H7ClF3NO4. The van der Waals surface area contributed by atoms with Gasteiger partial charge in [-0.3, -0.25) is 14.9 Å². The van der Waals surface area contributed by atoms with Crippen molar-refractivity contribution in [3.63, 3.8) is 0 Å². The zero-order valence-electron chi connectivity index (χ0n) is 11.1. The van der Waals surface area contributed by atoms with Crippen molar-refractivity contribution in [2.24, 2.45) is 0 Å². The molecule has 9 heteroatoms. The third-order valence-electron chi connectivity index (χ3n) is 2.80. The molecule has 0 atom stereocenters. The van der Waals surface area contributed by atoms with Crippen LogP contribution in [-0.2, 0) is 6.18 Å². The van der Waals surface area contributed by atoms with Gasteiger partial charge in [0.25, 0.3) is 0 Å². The molecule has 2 aromatic carbocycles. The van der Waals surface area contributed by atoms with Crippen LogP contribution in [0.3, 0.4) is 0 Å². The number of nitro groups is 1. The van der Waals surface area contributed by atoms with Gasteiger partial charge in [0.2, 0.25) is 5.75 Å². The molecule has 0 aliphatic heterocycles. The number of aldehydes is 1. The predicted molar refractivity (Wildman–Crippen MR) is 75.0 cm³/mol. The van der Waals surface area contributed by atoms with Crippen LogP contribution in [-0.4, -0.2) is 11.2 Å². The Bertz CT molecular complexity index is 777. The number of hydrogen-bond donors (Lipinski definition) is 0. The van der Waals surface area contributed by atoms with Gasteiger partial charge in [0, 0.05) is 11.1 Å². The van der Waals surface area contributed by atoms with Gasteiger partial charge in [0.1, 0.15) is 5.75 Å². The summed E-state index contributed by atoms with van der Waals surface area (Å²) in [5, 5.41) is 11.2. The molecule has 0 spiro atoms. The average molecular weight is 346 g/mol. The molecule has 0 unspecified atom stereocenters. The summed E-state index contributed by atoms with van der Waals surface area (Å²) in [4.78, 5) is 20.9. The van der Waals surface area contributed by atoms with E-state index in [0.717, 1.165) is 6.07 Å². The zero-order chi connectivity index (χ0) is 17.2. The number of halogens is 4. The van der Waals surface area contributed by atoms with Crippen molar-refractivity contribution >= 4 is 23.6 Å². The number of nitro benzene ring substituents is 1. The zero-order valence-corrected chi connectivity index (χ0v) is 11.9. The summed E-state index contributed by atoms with van der Waals surface area (Å²) >= 11 is 5.70. The van der Waals surface area contributed by atoms with Crippen molar-refractivity contribution in [1.82, 2.24) is 0 Å². The lowest BCUT2D eigenvalue weighted by Gasteiger charge is -2.11. The number of carbonyl (C=O) groups is 1. The molecule has 23 heavy (non-hydrogen) atoms. The molecular weight excluding hydrogens is 339 g/mol. The number of rotatable bonds is 4. The second-order valence-electron chi connectivity index (χ2n) is 4.34. The summed E-state index contributed by atoms with van der Waals surface area (Å²) in [6.45, 7) is 0. The minimum Gasteiger partial charge on any atom is -0.449 e. The van der Waals surface area contributed by atoms with Crippen molar-refractivity contribution in [3.8, 4) is 11.5 Å². The number of benzene rings is 2. The van der Waals surface area contributed by atoms with Crippen molar-refractivity contribution in [1.29, 1.82) is 0 Å². The largest absolute Gasteiger partial charge is 0.449 e. The molecule has 5 nitrogen and oxygen atoms in total. The Balaban J connectivity index is 2.48. The Labute approximate surface area is 132 Å². The maximum Gasteiger partial charge on any atom is 0.416 e. The molecule has 2 rings (SSSR count). The summed E-state index contributed by atoms with van der Waals surface area (Å²) < 4.78 is 43.1. The summed E-state index contributed by atoms with van der Waals surface area (Å²) in [5.41, 5.74) is -2.04. The van der Waals surface area contributed by atoms with Gasteiger partial charge in [-0.25, -0.2) is 0 Å². The molecule has 0 aromatic heterocycles. The van der Waals surface area contributed by atoms with Crippen LogP contribution >= 0.6 is 11.6 Å². The molecule has 0 radical (unpaired) electrons. The van der Waals surface area contributed by atoms with Gasteiger partial charge in [-0.15, -0.1) is 0 Å².